The molecule has 1 unspecified atom stereocenters. The molecule has 3 heterocycles. The van der Waals surface area contributed by atoms with Crippen LogP contribution in [0, 0.1) is 20.8 Å². The molecule has 1 amide bonds. The smallest absolute Gasteiger partial charge is 0.252 e. The Morgan fingerprint density at radius 2 is 1.92 bits per heavy atom. The van der Waals surface area contributed by atoms with Crippen LogP contribution in [0.1, 0.15) is 29.9 Å². The van der Waals surface area contributed by atoms with E-state index in [0.717, 1.165) is 43.0 Å². The number of hydrogen-bond acceptors (Lipinski definition) is 6. The third-order valence-corrected chi connectivity index (χ3v) is 4.54. The zero-order chi connectivity index (χ0) is 18.7. The average Bonchev–Trinajstić information content (AvgIpc) is 2.94. The largest absolute Gasteiger partial charge is 0.316 e. The van der Waals surface area contributed by atoms with Crippen molar-refractivity contribution in [2.24, 2.45) is 0 Å². The van der Waals surface area contributed by atoms with Crippen LogP contribution in [0.15, 0.2) is 12.1 Å². The first-order chi connectivity index (χ1) is 12.4. The van der Waals surface area contributed by atoms with Crippen molar-refractivity contribution < 1.29 is 4.79 Å². The summed E-state index contributed by atoms with van der Waals surface area (Å²) in [7, 11) is 1.97. The molecule has 1 fully saturated rings. The van der Waals surface area contributed by atoms with Crippen molar-refractivity contribution in [2.75, 3.05) is 32.0 Å². The summed E-state index contributed by atoms with van der Waals surface area (Å²) in [5, 5.41) is 10.7. The maximum atomic E-state index is 12.5. The molecule has 140 valence electrons. The Kier molecular flexibility index (Phi) is 5.63. The minimum absolute atomic E-state index is 0.0488. The fourth-order valence-corrected chi connectivity index (χ4v) is 3.36. The first-order valence-corrected chi connectivity index (χ1v) is 9.03. The lowest BCUT2D eigenvalue weighted by molar-refractivity contribution is -0.117. The molecular formula is C18H27N7O. The molecule has 1 aliphatic rings. The van der Waals surface area contributed by atoms with Gasteiger partial charge < -0.3 is 10.6 Å². The third kappa shape index (κ3) is 4.44. The van der Waals surface area contributed by atoms with Crippen molar-refractivity contribution in [2.45, 2.75) is 39.7 Å². The van der Waals surface area contributed by atoms with Gasteiger partial charge in [0.1, 0.15) is 5.82 Å². The van der Waals surface area contributed by atoms with Crippen LogP contribution in [0.5, 0.6) is 0 Å². The molecule has 2 aromatic rings. The van der Waals surface area contributed by atoms with Crippen LogP contribution in [0.25, 0.3) is 5.95 Å². The number of aromatic nitrogens is 4. The van der Waals surface area contributed by atoms with Gasteiger partial charge >= 0.3 is 0 Å². The summed E-state index contributed by atoms with van der Waals surface area (Å²) in [6.07, 6.45) is 2.26. The fraction of sp³-hybridized carbons (Fsp3) is 0.556. The molecule has 0 radical (unpaired) electrons. The highest BCUT2D eigenvalue weighted by molar-refractivity contribution is 5.91. The Balaban J connectivity index is 1.73. The van der Waals surface area contributed by atoms with Gasteiger partial charge in [-0.1, -0.05) is 0 Å². The summed E-state index contributed by atoms with van der Waals surface area (Å²) in [6, 6.07) is 4.20. The highest BCUT2D eigenvalue weighted by Gasteiger charge is 2.21. The lowest BCUT2D eigenvalue weighted by atomic mass is 10.1. The first-order valence-electron chi connectivity index (χ1n) is 9.03. The highest BCUT2D eigenvalue weighted by atomic mass is 16.2. The van der Waals surface area contributed by atoms with Crippen molar-refractivity contribution in [3.05, 3.63) is 29.2 Å². The molecule has 0 saturated carbocycles. The quantitative estimate of drug-likeness (QED) is 0.836. The SMILES string of the molecule is CNC1CCCN(CC(=O)Nc2cc(C)nn2-c2nc(C)cc(C)n2)C1. The molecular weight excluding hydrogens is 330 g/mol. The molecule has 26 heavy (non-hydrogen) atoms. The van der Waals surface area contributed by atoms with E-state index in [1.54, 1.807) is 4.68 Å². The number of rotatable bonds is 5. The summed E-state index contributed by atoms with van der Waals surface area (Å²) >= 11 is 0. The lowest BCUT2D eigenvalue weighted by Gasteiger charge is -2.31. The maximum Gasteiger partial charge on any atom is 0.252 e. The monoisotopic (exact) mass is 357 g/mol. The Hall–Kier alpha value is -2.32. The minimum atomic E-state index is -0.0488. The van der Waals surface area contributed by atoms with Crippen LogP contribution in [0.2, 0.25) is 0 Å². The molecule has 2 N–H and O–H groups in total. The van der Waals surface area contributed by atoms with Crippen molar-refractivity contribution in [1.82, 2.24) is 30.0 Å². The number of amides is 1. The van der Waals surface area contributed by atoms with Crippen molar-refractivity contribution in [3.8, 4) is 5.95 Å². The normalized spacial score (nSPS) is 18.1. The molecule has 0 bridgehead atoms. The molecule has 1 atom stereocenters. The summed E-state index contributed by atoms with van der Waals surface area (Å²) in [4.78, 5) is 23.6. The standard InChI is InChI=1S/C18H27N7O/c1-12-8-13(2)21-18(20-12)25-16(9-14(3)23-25)22-17(26)11-24-7-5-6-15(10-24)19-4/h8-9,15,19H,5-7,10-11H2,1-4H3,(H,22,26). The van der Waals surface area contributed by atoms with E-state index < -0.39 is 0 Å². The van der Waals surface area contributed by atoms with Gasteiger partial charge in [-0.25, -0.2) is 9.97 Å². The van der Waals surface area contributed by atoms with Gasteiger partial charge in [0.05, 0.1) is 12.2 Å². The molecule has 0 aliphatic carbocycles. The van der Waals surface area contributed by atoms with Crippen LogP contribution in [0.3, 0.4) is 0 Å². The Bertz CT molecular complexity index is 766. The Morgan fingerprint density at radius 3 is 2.62 bits per heavy atom. The Morgan fingerprint density at radius 1 is 1.19 bits per heavy atom. The van der Waals surface area contributed by atoms with E-state index in [1.807, 2.05) is 40.0 Å². The number of likely N-dealkylation sites (N-methyl/N-ethyl adjacent to an activating group) is 1. The van der Waals surface area contributed by atoms with E-state index in [-0.39, 0.29) is 5.91 Å². The van der Waals surface area contributed by atoms with Crippen LogP contribution in [-0.4, -0.2) is 63.3 Å². The number of piperidine rings is 1. The van der Waals surface area contributed by atoms with Gasteiger partial charge in [-0.2, -0.15) is 9.78 Å². The van der Waals surface area contributed by atoms with Gasteiger partial charge in [0.2, 0.25) is 5.91 Å². The van der Waals surface area contributed by atoms with Gasteiger partial charge in [0.15, 0.2) is 0 Å². The van der Waals surface area contributed by atoms with Crippen molar-refractivity contribution in [1.29, 1.82) is 0 Å². The number of carbonyl (C=O) groups excluding carboxylic acids is 1. The number of anilines is 1. The number of aryl methyl sites for hydroxylation is 3. The van der Waals surface area contributed by atoms with Gasteiger partial charge in [-0.3, -0.25) is 9.69 Å². The lowest BCUT2D eigenvalue weighted by Crippen LogP contribution is -2.47. The topological polar surface area (TPSA) is 88.0 Å². The number of nitrogens with zero attached hydrogens (tertiary/aromatic N) is 5. The molecule has 8 heteroatoms. The number of hydrogen-bond donors (Lipinski definition) is 2. The molecule has 1 aliphatic heterocycles. The second-order valence-electron chi connectivity index (χ2n) is 6.94. The predicted octanol–water partition coefficient (Wildman–Crippen LogP) is 1.21. The van der Waals surface area contributed by atoms with E-state index >= 15 is 0 Å². The van der Waals surface area contributed by atoms with E-state index in [0.29, 0.717) is 24.4 Å². The van der Waals surface area contributed by atoms with Crippen LogP contribution in [-0.2, 0) is 4.79 Å². The summed E-state index contributed by atoms with van der Waals surface area (Å²) in [6.45, 7) is 7.93. The van der Waals surface area contributed by atoms with E-state index in [9.17, 15) is 4.79 Å². The van der Waals surface area contributed by atoms with Gasteiger partial charge in [-0.15, -0.1) is 0 Å². The van der Waals surface area contributed by atoms with Crippen LogP contribution >= 0.6 is 0 Å². The minimum Gasteiger partial charge on any atom is -0.316 e. The summed E-state index contributed by atoms with van der Waals surface area (Å²) < 4.78 is 1.60. The molecule has 8 nitrogen and oxygen atoms in total. The van der Waals surface area contributed by atoms with Crippen molar-refractivity contribution >= 4 is 11.7 Å². The van der Waals surface area contributed by atoms with Crippen LogP contribution in [0.4, 0.5) is 5.82 Å². The molecule has 2 aromatic heterocycles. The van der Waals surface area contributed by atoms with Crippen molar-refractivity contribution in [3.63, 3.8) is 0 Å². The highest BCUT2D eigenvalue weighted by Crippen LogP contribution is 2.16. The zero-order valence-corrected chi connectivity index (χ0v) is 15.9. The van der Waals surface area contributed by atoms with E-state index in [4.69, 9.17) is 0 Å². The fourth-order valence-electron chi connectivity index (χ4n) is 3.36. The average molecular weight is 357 g/mol. The van der Waals surface area contributed by atoms with Gasteiger partial charge in [-0.05, 0) is 53.3 Å². The van der Waals surface area contributed by atoms with Gasteiger partial charge in [0, 0.05) is 30.0 Å². The summed E-state index contributed by atoms with van der Waals surface area (Å²) in [5.41, 5.74) is 2.53. The maximum absolute atomic E-state index is 12.5. The zero-order valence-electron chi connectivity index (χ0n) is 15.9. The second kappa shape index (κ2) is 7.92. The number of carbonyl (C=O) groups is 1. The first kappa shape index (κ1) is 18.5. The summed E-state index contributed by atoms with van der Waals surface area (Å²) in [5.74, 6) is 1.02. The van der Waals surface area contributed by atoms with Crippen LogP contribution < -0.4 is 10.6 Å². The molecule has 3 rings (SSSR count). The van der Waals surface area contributed by atoms with Gasteiger partial charge in [0.25, 0.3) is 5.95 Å². The molecule has 1 saturated heterocycles. The number of nitrogens with one attached hydrogen (secondary N) is 2. The molecule has 0 spiro atoms. The number of likely N-dealkylation sites (tertiary alicyclic amines) is 1. The second-order valence-corrected chi connectivity index (χ2v) is 6.94. The van der Waals surface area contributed by atoms with E-state index in [2.05, 4.69) is 30.6 Å². The molecule has 0 aromatic carbocycles. The Labute approximate surface area is 154 Å². The van der Waals surface area contributed by atoms with E-state index in [1.165, 1.54) is 0 Å². The predicted molar refractivity (Wildman–Crippen MR) is 101 cm³/mol. The third-order valence-electron chi connectivity index (χ3n) is 4.54.